The maximum atomic E-state index is 13.4. The molecule has 1 unspecified atom stereocenters. The lowest BCUT2D eigenvalue weighted by Crippen LogP contribution is -2.31. The van der Waals surface area contributed by atoms with E-state index in [1.807, 2.05) is 24.3 Å². The summed E-state index contributed by atoms with van der Waals surface area (Å²) in [5.74, 6) is 0.267. The van der Waals surface area contributed by atoms with Gasteiger partial charge in [-0.2, -0.15) is 5.10 Å². The van der Waals surface area contributed by atoms with Crippen molar-refractivity contribution in [1.82, 2.24) is 25.1 Å². The van der Waals surface area contributed by atoms with Crippen LogP contribution in [0.5, 0.6) is 0 Å². The Morgan fingerprint density at radius 3 is 3.00 bits per heavy atom. The van der Waals surface area contributed by atoms with E-state index in [4.69, 9.17) is 0 Å². The number of amides is 1. The van der Waals surface area contributed by atoms with E-state index in [0.29, 0.717) is 29.1 Å². The van der Waals surface area contributed by atoms with Gasteiger partial charge in [-0.15, -0.1) is 0 Å². The zero-order valence-electron chi connectivity index (χ0n) is 13.9. The van der Waals surface area contributed by atoms with Crippen LogP contribution in [0.15, 0.2) is 42.5 Å². The van der Waals surface area contributed by atoms with E-state index >= 15 is 0 Å². The summed E-state index contributed by atoms with van der Waals surface area (Å²) in [6, 6.07) is 11.9. The average molecular weight is 349 g/mol. The molecule has 0 spiro atoms. The number of hydrogen-bond donors (Lipinski definition) is 2. The number of aromatic amines is 2. The summed E-state index contributed by atoms with van der Waals surface area (Å²) in [6.45, 7) is 0.649. The van der Waals surface area contributed by atoms with E-state index < -0.39 is 0 Å². The molecule has 0 saturated carbocycles. The van der Waals surface area contributed by atoms with Crippen molar-refractivity contribution in [1.29, 1.82) is 0 Å². The lowest BCUT2D eigenvalue weighted by atomic mass is 10.1. The highest BCUT2D eigenvalue weighted by atomic mass is 19.1. The molecule has 7 heteroatoms. The molecule has 130 valence electrons. The van der Waals surface area contributed by atoms with Crippen molar-refractivity contribution in [3.05, 3.63) is 59.8 Å². The van der Waals surface area contributed by atoms with Crippen LogP contribution in [-0.4, -0.2) is 37.5 Å². The maximum absolute atomic E-state index is 13.4. The largest absolute Gasteiger partial charge is 0.340 e. The Bertz CT molecular complexity index is 1130. The number of carbonyl (C=O) groups excluding carboxylic acids is 1. The second-order valence-corrected chi connectivity index (χ2v) is 6.56. The van der Waals surface area contributed by atoms with Crippen LogP contribution in [-0.2, 0) is 0 Å². The minimum atomic E-state index is -0.310. The van der Waals surface area contributed by atoms with Crippen LogP contribution in [0.25, 0.3) is 21.9 Å². The first-order chi connectivity index (χ1) is 12.7. The SMILES string of the molecule is O=C(c1n[nH]c2ccccc12)N1CCCC1c1nc2ccc(F)cc2[nH]1. The lowest BCUT2D eigenvalue weighted by molar-refractivity contribution is 0.0726. The fourth-order valence-corrected chi connectivity index (χ4v) is 3.72. The Labute approximate surface area is 148 Å². The number of halogens is 1. The minimum Gasteiger partial charge on any atom is -0.340 e. The van der Waals surface area contributed by atoms with Gasteiger partial charge in [0.15, 0.2) is 5.69 Å². The van der Waals surface area contributed by atoms with Crippen molar-refractivity contribution in [3.8, 4) is 0 Å². The van der Waals surface area contributed by atoms with Gasteiger partial charge in [-0.05, 0) is 37.1 Å². The minimum absolute atomic E-state index is 0.114. The van der Waals surface area contributed by atoms with Gasteiger partial charge in [-0.25, -0.2) is 9.37 Å². The second-order valence-electron chi connectivity index (χ2n) is 6.56. The van der Waals surface area contributed by atoms with Crippen molar-refractivity contribution in [2.45, 2.75) is 18.9 Å². The van der Waals surface area contributed by atoms with Crippen LogP contribution in [0, 0.1) is 5.82 Å². The van der Waals surface area contributed by atoms with E-state index in [-0.39, 0.29) is 17.8 Å². The van der Waals surface area contributed by atoms with Gasteiger partial charge in [-0.1, -0.05) is 18.2 Å². The Kier molecular flexibility index (Phi) is 3.28. The fraction of sp³-hybridized carbons (Fsp3) is 0.211. The number of para-hydroxylation sites is 1. The number of carbonyl (C=O) groups is 1. The molecule has 1 fully saturated rings. The number of nitrogens with one attached hydrogen (secondary N) is 2. The predicted molar refractivity (Wildman–Crippen MR) is 95.2 cm³/mol. The molecule has 0 aliphatic carbocycles. The summed E-state index contributed by atoms with van der Waals surface area (Å²) < 4.78 is 13.4. The number of nitrogens with zero attached hydrogens (tertiary/aromatic N) is 3. The summed E-state index contributed by atoms with van der Waals surface area (Å²) in [7, 11) is 0. The zero-order chi connectivity index (χ0) is 17.7. The van der Waals surface area contributed by atoms with Crippen molar-refractivity contribution >= 4 is 27.8 Å². The normalized spacial score (nSPS) is 17.4. The fourth-order valence-electron chi connectivity index (χ4n) is 3.72. The molecular weight excluding hydrogens is 333 g/mol. The predicted octanol–water partition coefficient (Wildman–Crippen LogP) is 3.56. The topological polar surface area (TPSA) is 77.7 Å². The van der Waals surface area contributed by atoms with Gasteiger partial charge >= 0.3 is 0 Å². The molecule has 0 bridgehead atoms. The number of fused-ring (bicyclic) bond motifs is 2. The highest BCUT2D eigenvalue weighted by Crippen LogP contribution is 2.33. The molecule has 4 aromatic rings. The lowest BCUT2D eigenvalue weighted by Gasteiger charge is -2.22. The molecule has 1 aliphatic rings. The van der Waals surface area contributed by atoms with Gasteiger partial charge in [0.2, 0.25) is 0 Å². The third kappa shape index (κ3) is 2.28. The van der Waals surface area contributed by atoms with Crippen LogP contribution in [0.3, 0.4) is 0 Å². The van der Waals surface area contributed by atoms with Crippen molar-refractivity contribution in [2.24, 2.45) is 0 Å². The number of aromatic nitrogens is 4. The van der Waals surface area contributed by atoms with E-state index in [1.165, 1.54) is 12.1 Å². The van der Waals surface area contributed by atoms with Gasteiger partial charge in [-0.3, -0.25) is 9.89 Å². The highest BCUT2D eigenvalue weighted by molar-refractivity contribution is 6.04. The van der Waals surface area contributed by atoms with E-state index in [0.717, 1.165) is 23.7 Å². The Balaban J connectivity index is 1.52. The summed E-state index contributed by atoms with van der Waals surface area (Å²) in [5.41, 5.74) is 2.61. The van der Waals surface area contributed by atoms with Crippen molar-refractivity contribution in [2.75, 3.05) is 6.54 Å². The average Bonchev–Trinajstić information content (AvgIpc) is 3.37. The number of likely N-dealkylation sites (tertiary alicyclic amines) is 1. The van der Waals surface area contributed by atoms with E-state index in [1.54, 1.807) is 11.0 Å². The molecule has 3 heterocycles. The van der Waals surface area contributed by atoms with Crippen molar-refractivity contribution in [3.63, 3.8) is 0 Å². The molecule has 1 atom stereocenters. The van der Waals surface area contributed by atoms with Crippen molar-refractivity contribution < 1.29 is 9.18 Å². The van der Waals surface area contributed by atoms with Gasteiger partial charge in [0.1, 0.15) is 11.6 Å². The molecule has 1 aliphatic heterocycles. The molecule has 1 amide bonds. The Morgan fingerprint density at radius 2 is 2.08 bits per heavy atom. The van der Waals surface area contributed by atoms with E-state index in [2.05, 4.69) is 20.2 Å². The van der Waals surface area contributed by atoms with Crippen LogP contribution in [0.2, 0.25) is 0 Å². The zero-order valence-corrected chi connectivity index (χ0v) is 13.9. The van der Waals surface area contributed by atoms with Crippen LogP contribution < -0.4 is 0 Å². The molecule has 1 saturated heterocycles. The number of H-pyrrole nitrogens is 2. The summed E-state index contributed by atoms with van der Waals surface area (Å²) in [6.07, 6.45) is 1.71. The van der Waals surface area contributed by atoms with Gasteiger partial charge in [0.05, 0.1) is 22.6 Å². The summed E-state index contributed by atoms with van der Waals surface area (Å²) >= 11 is 0. The second kappa shape index (κ2) is 5.66. The number of hydrogen-bond acceptors (Lipinski definition) is 3. The Hall–Kier alpha value is -3.22. The Morgan fingerprint density at radius 1 is 1.19 bits per heavy atom. The first kappa shape index (κ1) is 15.1. The number of imidazole rings is 1. The molecule has 26 heavy (non-hydrogen) atoms. The maximum Gasteiger partial charge on any atom is 0.275 e. The van der Waals surface area contributed by atoms with Gasteiger partial charge in [0.25, 0.3) is 5.91 Å². The smallest absolute Gasteiger partial charge is 0.275 e. The van der Waals surface area contributed by atoms with Gasteiger partial charge in [0, 0.05) is 11.9 Å². The molecule has 5 rings (SSSR count). The summed E-state index contributed by atoms with van der Waals surface area (Å²) in [5, 5.41) is 7.95. The van der Waals surface area contributed by atoms with Crippen LogP contribution >= 0.6 is 0 Å². The quantitative estimate of drug-likeness (QED) is 0.581. The first-order valence-electron chi connectivity index (χ1n) is 8.60. The third-order valence-corrected chi connectivity index (χ3v) is 4.96. The van der Waals surface area contributed by atoms with E-state index in [9.17, 15) is 9.18 Å². The first-order valence-corrected chi connectivity index (χ1v) is 8.60. The number of rotatable bonds is 2. The van der Waals surface area contributed by atoms with Crippen LogP contribution in [0.1, 0.15) is 35.2 Å². The highest BCUT2D eigenvalue weighted by Gasteiger charge is 2.34. The van der Waals surface area contributed by atoms with Crippen LogP contribution in [0.4, 0.5) is 4.39 Å². The number of benzene rings is 2. The molecule has 2 aromatic carbocycles. The van der Waals surface area contributed by atoms with Gasteiger partial charge < -0.3 is 9.88 Å². The molecule has 2 aromatic heterocycles. The third-order valence-electron chi connectivity index (χ3n) is 4.96. The molecule has 0 radical (unpaired) electrons. The molecule has 2 N–H and O–H groups in total. The standard InChI is InChI=1S/C19H16FN5O/c20-11-7-8-14-15(10-11)22-18(21-14)16-6-3-9-25(16)19(26)17-12-4-1-2-5-13(12)23-24-17/h1-2,4-5,7-8,10,16H,3,6,9H2,(H,21,22)(H,23,24). The molecular formula is C19H16FN5O. The monoisotopic (exact) mass is 349 g/mol. The summed E-state index contributed by atoms with van der Waals surface area (Å²) in [4.78, 5) is 22.7. The molecule has 6 nitrogen and oxygen atoms in total.